The summed E-state index contributed by atoms with van der Waals surface area (Å²) >= 11 is 13.0. The van der Waals surface area contributed by atoms with Crippen molar-refractivity contribution in [2.45, 2.75) is 13.8 Å². The molecule has 1 aromatic rings. The monoisotopic (exact) mass is 381 g/mol. The Bertz CT molecular complexity index is 699. The SMILES string of the molecule is CCN1CCN(C=C2SC(=S)N(c3ccc(C)c(Cl)c3)C2=O)CC1. The summed E-state index contributed by atoms with van der Waals surface area (Å²) in [6.07, 6.45) is 1.96. The summed E-state index contributed by atoms with van der Waals surface area (Å²) in [5.41, 5.74) is 1.71. The molecule has 2 heterocycles. The van der Waals surface area contributed by atoms with E-state index in [1.807, 2.05) is 25.3 Å². The van der Waals surface area contributed by atoms with Crippen molar-refractivity contribution in [2.75, 3.05) is 37.6 Å². The summed E-state index contributed by atoms with van der Waals surface area (Å²) in [5.74, 6) is -0.0668. The molecule has 2 fully saturated rings. The van der Waals surface area contributed by atoms with Crippen molar-refractivity contribution in [1.29, 1.82) is 0 Å². The topological polar surface area (TPSA) is 26.8 Å². The number of anilines is 1. The van der Waals surface area contributed by atoms with E-state index in [0.717, 1.165) is 44.0 Å². The summed E-state index contributed by atoms with van der Waals surface area (Å²) in [4.78, 5) is 19.6. The van der Waals surface area contributed by atoms with Gasteiger partial charge in [-0.2, -0.15) is 0 Å². The van der Waals surface area contributed by atoms with E-state index < -0.39 is 0 Å². The van der Waals surface area contributed by atoms with Crippen molar-refractivity contribution >= 4 is 51.5 Å². The number of rotatable bonds is 3. The molecule has 2 aliphatic rings. The zero-order chi connectivity index (χ0) is 17.3. The van der Waals surface area contributed by atoms with Gasteiger partial charge in [-0.1, -0.05) is 48.6 Å². The van der Waals surface area contributed by atoms with E-state index >= 15 is 0 Å². The lowest BCUT2D eigenvalue weighted by Gasteiger charge is -2.33. The number of likely N-dealkylation sites (N-methyl/N-ethyl adjacent to an activating group) is 1. The van der Waals surface area contributed by atoms with Crippen LogP contribution in [0, 0.1) is 6.92 Å². The van der Waals surface area contributed by atoms with Crippen LogP contribution in [0.5, 0.6) is 0 Å². The van der Waals surface area contributed by atoms with Crippen molar-refractivity contribution < 1.29 is 4.79 Å². The highest BCUT2D eigenvalue weighted by Gasteiger charge is 2.34. The first kappa shape index (κ1) is 17.7. The van der Waals surface area contributed by atoms with Gasteiger partial charge < -0.3 is 9.80 Å². The van der Waals surface area contributed by atoms with Crippen LogP contribution >= 0.6 is 35.6 Å². The predicted molar refractivity (Wildman–Crippen MR) is 106 cm³/mol. The van der Waals surface area contributed by atoms with Gasteiger partial charge in [0.15, 0.2) is 4.32 Å². The molecular formula is C17H20ClN3OS2. The predicted octanol–water partition coefficient (Wildman–Crippen LogP) is 3.49. The smallest absolute Gasteiger partial charge is 0.272 e. The van der Waals surface area contributed by atoms with Crippen LogP contribution in [0.3, 0.4) is 0 Å². The van der Waals surface area contributed by atoms with Gasteiger partial charge in [0.1, 0.15) is 0 Å². The van der Waals surface area contributed by atoms with E-state index in [4.69, 9.17) is 23.8 Å². The molecule has 0 aliphatic carbocycles. The highest BCUT2D eigenvalue weighted by atomic mass is 35.5. The molecule has 0 bridgehead atoms. The summed E-state index contributed by atoms with van der Waals surface area (Å²) in [6, 6.07) is 5.59. The lowest BCUT2D eigenvalue weighted by atomic mass is 10.2. The zero-order valence-electron chi connectivity index (χ0n) is 13.8. The van der Waals surface area contributed by atoms with Crippen LogP contribution in [0.15, 0.2) is 29.3 Å². The van der Waals surface area contributed by atoms with Crippen LogP contribution in [0.25, 0.3) is 0 Å². The van der Waals surface area contributed by atoms with Crippen LogP contribution in [0.4, 0.5) is 5.69 Å². The number of carbonyl (C=O) groups is 1. The number of thioether (sulfide) groups is 1. The second-order valence-corrected chi connectivity index (χ2v) is 7.99. The van der Waals surface area contributed by atoms with Crippen LogP contribution in [-0.4, -0.2) is 52.8 Å². The minimum atomic E-state index is -0.0668. The molecule has 128 valence electrons. The zero-order valence-corrected chi connectivity index (χ0v) is 16.2. The van der Waals surface area contributed by atoms with Gasteiger partial charge in [0.2, 0.25) is 0 Å². The van der Waals surface area contributed by atoms with Crippen molar-refractivity contribution in [3.8, 4) is 0 Å². The molecule has 0 unspecified atom stereocenters. The fourth-order valence-corrected chi connectivity index (χ4v) is 4.26. The summed E-state index contributed by atoms with van der Waals surface area (Å²) < 4.78 is 0.554. The number of nitrogens with zero attached hydrogens (tertiary/aromatic N) is 3. The Hall–Kier alpha value is -1.08. The van der Waals surface area contributed by atoms with Crippen molar-refractivity contribution in [3.05, 3.63) is 39.9 Å². The largest absolute Gasteiger partial charge is 0.374 e. The third kappa shape index (κ3) is 3.61. The molecule has 0 aromatic heterocycles. The number of hydrogen-bond donors (Lipinski definition) is 0. The van der Waals surface area contributed by atoms with Crippen LogP contribution < -0.4 is 4.90 Å². The molecule has 1 amide bonds. The average molecular weight is 382 g/mol. The van der Waals surface area contributed by atoms with E-state index in [1.54, 1.807) is 11.0 Å². The van der Waals surface area contributed by atoms with Gasteiger partial charge in [-0.15, -0.1) is 0 Å². The van der Waals surface area contributed by atoms with Crippen molar-refractivity contribution in [1.82, 2.24) is 9.80 Å². The van der Waals surface area contributed by atoms with E-state index in [9.17, 15) is 4.79 Å². The van der Waals surface area contributed by atoms with Gasteiger partial charge in [0.05, 0.1) is 10.6 Å². The number of aryl methyl sites for hydroxylation is 1. The number of carbonyl (C=O) groups excluding carboxylic acids is 1. The maximum atomic E-state index is 12.8. The van der Waals surface area contributed by atoms with Crippen LogP contribution in [0.1, 0.15) is 12.5 Å². The summed E-state index contributed by atoms with van der Waals surface area (Å²) in [7, 11) is 0. The molecule has 3 rings (SSSR count). The van der Waals surface area contributed by atoms with E-state index in [2.05, 4.69) is 16.7 Å². The van der Waals surface area contributed by atoms with E-state index in [0.29, 0.717) is 14.2 Å². The Kier molecular flexibility index (Phi) is 5.49. The van der Waals surface area contributed by atoms with Crippen LogP contribution in [-0.2, 0) is 4.79 Å². The minimum absolute atomic E-state index is 0.0668. The Labute approximate surface area is 157 Å². The number of amides is 1. The number of benzene rings is 1. The first-order valence-corrected chi connectivity index (χ1v) is 9.60. The number of piperazine rings is 1. The standard InChI is InChI=1S/C17H20ClN3OS2/c1-3-19-6-8-20(9-7-19)11-15-16(22)21(17(23)24-15)13-5-4-12(2)14(18)10-13/h4-5,10-11H,3,6-9H2,1-2H3. The fraction of sp³-hybridized carbons (Fsp3) is 0.412. The van der Waals surface area contributed by atoms with Crippen LogP contribution in [0.2, 0.25) is 5.02 Å². The summed E-state index contributed by atoms with van der Waals surface area (Å²) in [6.45, 7) is 9.12. The van der Waals surface area contributed by atoms with Gasteiger partial charge in [-0.05, 0) is 31.2 Å². The average Bonchev–Trinajstić information content (AvgIpc) is 2.85. The van der Waals surface area contributed by atoms with Gasteiger partial charge >= 0.3 is 0 Å². The maximum Gasteiger partial charge on any atom is 0.272 e. The third-order valence-electron chi connectivity index (χ3n) is 4.36. The molecule has 0 saturated carbocycles. The number of hydrogen-bond acceptors (Lipinski definition) is 5. The van der Waals surface area contributed by atoms with Crippen molar-refractivity contribution in [3.63, 3.8) is 0 Å². The third-order valence-corrected chi connectivity index (χ3v) is 6.06. The normalized spacial score (nSPS) is 21.2. The second kappa shape index (κ2) is 7.44. The Balaban J connectivity index is 1.76. The maximum absolute atomic E-state index is 12.8. The summed E-state index contributed by atoms with van der Waals surface area (Å²) in [5, 5.41) is 0.640. The molecule has 0 atom stereocenters. The molecule has 7 heteroatoms. The van der Waals surface area contributed by atoms with Gasteiger partial charge in [-0.25, -0.2) is 0 Å². The number of halogens is 1. The molecule has 0 N–H and O–H groups in total. The van der Waals surface area contributed by atoms with Gasteiger partial charge in [0, 0.05) is 37.4 Å². The Morgan fingerprint density at radius 3 is 2.62 bits per heavy atom. The molecule has 4 nitrogen and oxygen atoms in total. The lowest BCUT2D eigenvalue weighted by molar-refractivity contribution is -0.113. The van der Waals surface area contributed by atoms with Gasteiger partial charge in [0.25, 0.3) is 5.91 Å². The molecule has 0 radical (unpaired) electrons. The molecular weight excluding hydrogens is 362 g/mol. The highest BCUT2D eigenvalue weighted by Crippen LogP contribution is 2.36. The number of thiocarbonyl (C=S) groups is 1. The molecule has 2 aliphatic heterocycles. The van der Waals surface area contributed by atoms with Gasteiger partial charge in [-0.3, -0.25) is 9.69 Å². The van der Waals surface area contributed by atoms with Crippen molar-refractivity contribution in [2.24, 2.45) is 0 Å². The first-order valence-electron chi connectivity index (χ1n) is 8.00. The Morgan fingerprint density at radius 1 is 1.29 bits per heavy atom. The highest BCUT2D eigenvalue weighted by molar-refractivity contribution is 8.27. The quantitative estimate of drug-likeness (QED) is 0.590. The van der Waals surface area contributed by atoms with E-state index in [1.165, 1.54) is 11.8 Å². The first-order chi connectivity index (χ1) is 11.5. The van der Waals surface area contributed by atoms with E-state index in [-0.39, 0.29) is 5.91 Å². The molecule has 1 aromatic carbocycles. The molecule has 2 saturated heterocycles. The molecule has 24 heavy (non-hydrogen) atoms. The second-order valence-electron chi connectivity index (χ2n) is 5.91. The molecule has 0 spiro atoms. The Morgan fingerprint density at radius 2 is 2.00 bits per heavy atom. The lowest BCUT2D eigenvalue weighted by Crippen LogP contribution is -2.44. The minimum Gasteiger partial charge on any atom is -0.374 e. The fourth-order valence-electron chi connectivity index (χ4n) is 2.78.